The Kier molecular flexibility index (Phi) is 2.90. The van der Waals surface area contributed by atoms with E-state index in [0.29, 0.717) is 12.8 Å². The first kappa shape index (κ1) is 10.7. The lowest BCUT2D eigenvalue weighted by Crippen LogP contribution is -2.02. The van der Waals surface area contributed by atoms with Gasteiger partial charge in [-0.1, -0.05) is 6.07 Å². The second-order valence-electron chi connectivity index (χ2n) is 3.82. The van der Waals surface area contributed by atoms with Gasteiger partial charge in [0, 0.05) is 11.8 Å². The lowest BCUT2D eigenvalue weighted by Gasteiger charge is -2.03. The predicted octanol–water partition coefficient (Wildman–Crippen LogP) is 1.98. The largest absolute Gasteiger partial charge is 0.469 e. The number of aryl methyl sites for hydroxylation is 2. The van der Waals surface area contributed by atoms with Gasteiger partial charge in [-0.15, -0.1) is 0 Å². The van der Waals surface area contributed by atoms with Gasteiger partial charge < -0.3 is 4.74 Å². The molecule has 0 radical (unpaired) electrons. The molecule has 1 N–H and O–H groups in total. The third-order valence-corrected chi connectivity index (χ3v) is 2.65. The van der Waals surface area contributed by atoms with Crippen LogP contribution in [0.1, 0.15) is 17.5 Å². The number of carbonyl (C=O) groups excluding carboxylic acids is 1. The van der Waals surface area contributed by atoms with Crippen LogP contribution in [0.15, 0.2) is 18.3 Å². The van der Waals surface area contributed by atoms with Crippen molar-refractivity contribution in [3.8, 4) is 0 Å². The van der Waals surface area contributed by atoms with Crippen molar-refractivity contribution >= 4 is 16.9 Å². The van der Waals surface area contributed by atoms with E-state index in [-0.39, 0.29) is 5.97 Å². The van der Waals surface area contributed by atoms with Gasteiger partial charge in [0.15, 0.2) is 0 Å². The van der Waals surface area contributed by atoms with Gasteiger partial charge in [0.05, 0.1) is 18.8 Å². The smallest absolute Gasteiger partial charge is 0.305 e. The Morgan fingerprint density at radius 1 is 1.50 bits per heavy atom. The van der Waals surface area contributed by atoms with Crippen molar-refractivity contribution in [1.82, 2.24) is 10.2 Å². The third kappa shape index (κ3) is 2.05. The molecule has 84 valence electrons. The van der Waals surface area contributed by atoms with Crippen LogP contribution >= 0.6 is 0 Å². The third-order valence-electron chi connectivity index (χ3n) is 2.65. The summed E-state index contributed by atoms with van der Waals surface area (Å²) in [4.78, 5) is 11.0. The van der Waals surface area contributed by atoms with E-state index in [0.717, 1.165) is 22.0 Å². The number of benzene rings is 1. The molecule has 4 heteroatoms. The summed E-state index contributed by atoms with van der Waals surface area (Å²) in [6, 6.07) is 4.12. The standard InChI is InChI=1S/C12H14N2O2/c1-8-5-9(3-4-11(15)16-2)6-10-7-13-14-12(8)10/h5-7H,3-4H2,1-2H3,(H,13,14). The molecule has 16 heavy (non-hydrogen) atoms. The number of hydrogen-bond donors (Lipinski definition) is 1. The number of methoxy groups -OCH3 is 1. The summed E-state index contributed by atoms with van der Waals surface area (Å²) in [5.41, 5.74) is 3.34. The normalized spacial score (nSPS) is 10.6. The highest BCUT2D eigenvalue weighted by atomic mass is 16.5. The minimum Gasteiger partial charge on any atom is -0.469 e. The van der Waals surface area contributed by atoms with E-state index in [4.69, 9.17) is 0 Å². The summed E-state index contributed by atoms with van der Waals surface area (Å²) in [5.74, 6) is -0.176. The van der Waals surface area contributed by atoms with Crippen molar-refractivity contribution in [2.45, 2.75) is 19.8 Å². The van der Waals surface area contributed by atoms with Gasteiger partial charge >= 0.3 is 5.97 Å². The van der Waals surface area contributed by atoms with Crippen molar-refractivity contribution < 1.29 is 9.53 Å². The molecule has 4 nitrogen and oxygen atoms in total. The van der Waals surface area contributed by atoms with Gasteiger partial charge in [-0.2, -0.15) is 5.10 Å². The Hall–Kier alpha value is -1.84. The summed E-state index contributed by atoms with van der Waals surface area (Å²) in [6.45, 7) is 2.03. The molecular formula is C12H14N2O2. The number of nitrogens with one attached hydrogen (secondary N) is 1. The van der Waals surface area contributed by atoms with Crippen LogP contribution in [-0.4, -0.2) is 23.3 Å². The molecule has 0 amide bonds. The van der Waals surface area contributed by atoms with E-state index >= 15 is 0 Å². The summed E-state index contributed by atoms with van der Waals surface area (Å²) in [6.07, 6.45) is 2.91. The van der Waals surface area contributed by atoms with Gasteiger partial charge in [0.2, 0.25) is 0 Å². The first-order chi connectivity index (χ1) is 7.70. The SMILES string of the molecule is COC(=O)CCc1cc(C)c2[nH]ncc2c1. The fourth-order valence-corrected chi connectivity index (χ4v) is 1.81. The van der Waals surface area contributed by atoms with E-state index < -0.39 is 0 Å². The molecule has 0 bridgehead atoms. The second kappa shape index (κ2) is 4.35. The van der Waals surface area contributed by atoms with Gasteiger partial charge in [0.25, 0.3) is 0 Å². The van der Waals surface area contributed by atoms with Crippen LogP contribution in [0, 0.1) is 6.92 Å². The maximum atomic E-state index is 11.0. The number of hydrogen-bond acceptors (Lipinski definition) is 3. The molecule has 0 spiro atoms. The molecule has 2 aromatic rings. The predicted molar refractivity (Wildman–Crippen MR) is 61.2 cm³/mol. The maximum Gasteiger partial charge on any atom is 0.305 e. The van der Waals surface area contributed by atoms with Crippen molar-refractivity contribution in [3.05, 3.63) is 29.5 Å². The van der Waals surface area contributed by atoms with Crippen LogP contribution in [0.25, 0.3) is 10.9 Å². The molecule has 1 aromatic heterocycles. The van der Waals surface area contributed by atoms with Crippen molar-refractivity contribution in [2.24, 2.45) is 0 Å². The Morgan fingerprint density at radius 3 is 3.06 bits per heavy atom. The van der Waals surface area contributed by atoms with Gasteiger partial charge in [-0.25, -0.2) is 0 Å². The zero-order valence-corrected chi connectivity index (χ0v) is 9.41. The molecule has 1 aromatic carbocycles. The number of carbonyl (C=O) groups is 1. The quantitative estimate of drug-likeness (QED) is 0.801. The van der Waals surface area contributed by atoms with Crippen LogP contribution in [0.3, 0.4) is 0 Å². The Labute approximate surface area is 93.6 Å². The van der Waals surface area contributed by atoms with E-state index in [1.807, 2.05) is 6.92 Å². The molecule has 1 heterocycles. The molecule has 0 saturated heterocycles. The van der Waals surface area contributed by atoms with Crippen LogP contribution in [0.4, 0.5) is 0 Å². The lowest BCUT2D eigenvalue weighted by molar-refractivity contribution is -0.140. The Bertz CT molecular complexity index is 517. The number of esters is 1. The summed E-state index contributed by atoms with van der Waals surface area (Å²) < 4.78 is 4.62. The molecule has 0 aliphatic carbocycles. The van der Waals surface area contributed by atoms with Crippen LogP contribution in [0.2, 0.25) is 0 Å². The number of rotatable bonds is 3. The molecule has 0 atom stereocenters. The fraction of sp³-hybridized carbons (Fsp3) is 0.333. The summed E-state index contributed by atoms with van der Waals surface area (Å²) in [5, 5.41) is 8.03. The van der Waals surface area contributed by atoms with Gasteiger partial charge in [-0.05, 0) is 30.5 Å². The summed E-state index contributed by atoms with van der Waals surface area (Å²) >= 11 is 0. The van der Waals surface area contributed by atoms with E-state index in [2.05, 4.69) is 27.1 Å². The first-order valence-corrected chi connectivity index (χ1v) is 5.20. The van der Waals surface area contributed by atoms with Gasteiger partial charge in [-0.3, -0.25) is 9.89 Å². The molecule has 0 aliphatic rings. The number of aromatic nitrogens is 2. The minimum absolute atomic E-state index is 0.176. The summed E-state index contributed by atoms with van der Waals surface area (Å²) in [7, 11) is 1.41. The molecule has 0 aliphatic heterocycles. The lowest BCUT2D eigenvalue weighted by atomic mass is 10.0. The topological polar surface area (TPSA) is 55.0 Å². The van der Waals surface area contributed by atoms with Crippen LogP contribution in [0.5, 0.6) is 0 Å². The van der Waals surface area contributed by atoms with E-state index in [1.165, 1.54) is 7.11 Å². The second-order valence-corrected chi connectivity index (χ2v) is 3.82. The highest BCUT2D eigenvalue weighted by Crippen LogP contribution is 2.18. The Morgan fingerprint density at radius 2 is 2.31 bits per heavy atom. The number of aromatic amines is 1. The zero-order chi connectivity index (χ0) is 11.5. The van der Waals surface area contributed by atoms with Crippen molar-refractivity contribution in [3.63, 3.8) is 0 Å². The maximum absolute atomic E-state index is 11.0. The average molecular weight is 218 g/mol. The highest BCUT2D eigenvalue weighted by Gasteiger charge is 2.05. The molecule has 0 fully saturated rings. The van der Waals surface area contributed by atoms with Crippen molar-refractivity contribution in [2.75, 3.05) is 7.11 Å². The number of fused-ring (bicyclic) bond motifs is 1. The molecule has 0 saturated carbocycles. The number of nitrogens with zero attached hydrogens (tertiary/aromatic N) is 1. The zero-order valence-electron chi connectivity index (χ0n) is 9.41. The van der Waals surface area contributed by atoms with Crippen LogP contribution < -0.4 is 0 Å². The Balaban J connectivity index is 2.21. The number of ether oxygens (including phenoxy) is 1. The number of H-pyrrole nitrogens is 1. The van der Waals surface area contributed by atoms with Crippen LogP contribution in [-0.2, 0) is 16.0 Å². The molecule has 2 rings (SSSR count). The monoisotopic (exact) mass is 218 g/mol. The van der Waals surface area contributed by atoms with Gasteiger partial charge in [0.1, 0.15) is 0 Å². The van der Waals surface area contributed by atoms with E-state index in [1.54, 1.807) is 6.20 Å². The molecule has 0 unspecified atom stereocenters. The van der Waals surface area contributed by atoms with E-state index in [9.17, 15) is 4.79 Å². The minimum atomic E-state index is -0.176. The first-order valence-electron chi connectivity index (χ1n) is 5.20. The fourth-order valence-electron chi connectivity index (χ4n) is 1.81. The highest BCUT2D eigenvalue weighted by molar-refractivity contribution is 5.82. The molecular weight excluding hydrogens is 204 g/mol. The van der Waals surface area contributed by atoms with Crippen molar-refractivity contribution in [1.29, 1.82) is 0 Å². The average Bonchev–Trinajstić information content (AvgIpc) is 2.74.